The molecule has 4 rings (SSSR count). The number of piperidine rings is 1. The van der Waals surface area contributed by atoms with Crippen molar-refractivity contribution in [2.24, 2.45) is 0 Å². The van der Waals surface area contributed by atoms with Gasteiger partial charge in [-0.15, -0.1) is 0 Å². The van der Waals surface area contributed by atoms with Crippen molar-refractivity contribution in [3.05, 3.63) is 58.9 Å². The Morgan fingerprint density at radius 2 is 1.96 bits per heavy atom. The first-order valence-corrected chi connectivity index (χ1v) is 9.32. The van der Waals surface area contributed by atoms with Crippen LogP contribution < -0.4 is 4.90 Å². The monoisotopic (exact) mass is 379 g/mol. The molecule has 27 heavy (non-hydrogen) atoms. The summed E-state index contributed by atoms with van der Waals surface area (Å²) in [6, 6.07) is 8.24. The van der Waals surface area contributed by atoms with Crippen molar-refractivity contribution in [3.8, 4) is 11.8 Å². The van der Waals surface area contributed by atoms with Crippen molar-refractivity contribution < 1.29 is 9.59 Å². The Bertz CT molecular complexity index is 964. The summed E-state index contributed by atoms with van der Waals surface area (Å²) in [6.45, 7) is 1.99. The SMILES string of the molecule is CC1CCCC2C(=O)N(c3ccc(C#Cc4cccnc4)cc3Cl)C(=O)N12. The van der Waals surface area contributed by atoms with Crippen LogP contribution in [-0.2, 0) is 4.79 Å². The number of imide groups is 1. The van der Waals surface area contributed by atoms with Crippen molar-refractivity contribution >= 4 is 29.2 Å². The normalized spacial score (nSPS) is 21.7. The van der Waals surface area contributed by atoms with E-state index in [1.807, 2.05) is 19.1 Å². The molecule has 2 unspecified atom stereocenters. The molecule has 3 heterocycles. The molecule has 0 spiro atoms. The number of hydrogen-bond donors (Lipinski definition) is 0. The summed E-state index contributed by atoms with van der Waals surface area (Å²) in [5.41, 5.74) is 1.92. The summed E-state index contributed by atoms with van der Waals surface area (Å²) in [5.74, 6) is 5.85. The Kier molecular flexibility index (Phi) is 4.59. The van der Waals surface area contributed by atoms with Gasteiger partial charge in [0.05, 0.1) is 10.7 Å². The summed E-state index contributed by atoms with van der Waals surface area (Å²) < 4.78 is 0. The molecule has 2 aromatic rings. The molecular formula is C21H18ClN3O2. The van der Waals surface area contributed by atoms with Crippen molar-refractivity contribution in [2.45, 2.75) is 38.3 Å². The molecule has 2 atom stereocenters. The number of hydrogen-bond acceptors (Lipinski definition) is 3. The minimum Gasteiger partial charge on any atom is -0.309 e. The van der Waals surface area contributed by atoms with Gasteiger partial charge in [-0.2, -0.15) is 0 Å². The second-order valence-electron chi connectivity index (χ2n) is 6.82. The van der Waals surface area contributed by atoms with E-state index in [1.54, 1.807) is 35.5 Å². The van der Waals surface area contributed by atoms with Crippen LogP contribution in [-0.4, -0.2) is 33.9 Å². The van der Waals surface area contributed by atoms with Gasteiger partial charge in [0.1, 0.15) is 6.04 Å². The van der Waals surface area contributed by atoms with Gasteiger partial charge in [-0.05, 0) is 56.5 Å². The minimum atomic E-state index is -0.373. The number of amides is 3. The summed E-state index contributed by atoms with van der Waals surface area (Å²) in [6.07, 6.45) is 5.95. The number of pyridine rings is 1. The Hall–Kier alpha value is -2.84. The van der Waals surface area contributed by atoms with Crippen LogP contribution in [0.1, 0.15) is 37.3 Å². The van der Waals surface area contributed by atoms with Crippen molar-refractivity contribution in [1.82, 2.24) is 9.88 Å². The van der Waals surface area contributed by atoms with Gasteiger partial charge in [-0.25, -0.2) is 9.69 Å². The smallest absolute Gasteiger partial charge is 0.309 e. The van der Waals surface area contributed by atoms with Crippen molar-refractivity contribution in [1.29, 1.82) is 0 Å². The number of nitrogens with zero attached hydrogens (tertiary/aromatic N) is 3. The van der Waals surface area contributed by atoms with Crippen LogP contribution in [0.3, 0.4) is 0 Å². The third-order valence-electron chi connectivity index (χ3n) is 5.03. The molecular weight excluding hydrogens is 362 g/mol. The molecule has 6 heteroatoms. The first-order chi connectivity index (χ1) is 13.1. The van der Waals surface area contributed by atoms with Crippen LogP contribution in [0.15, 0.2) is 42.7 Å². The summed E-state index contributed by atoms with van der Waals surface area (Å²) in [5, 5.41) is 0.335. The molecule has 2 saturated heterocycles. The van der Waals surface area contributed by atoms with Crippen LogP contribution in [0.5, 0.6) is 0 Å². The van der Waals surface area contributed by atoms with Crippen molar-refractivity contribution in [2.75, 3.05) is 4.90 Å². The van der Waals surface area contributed by atoms with Crippen LogP contribution in [0.25, 0.3) is 0 Å². The minimum absolute atomic E-state index is 0.0635. The van der Waals surface area contributed by atoms with E-state index in [9.17, 15) is 9.59 Å². The van der Waals surface area contributed by atoms with E-state index in [0.29, 0.717) is 22.7 Å². The summed E-state index contributed by atoms with van der Waals surface area (Å²) >= 11 is 6.41. The molecule has 136 valence electrons. The van der Waals surface area contributed by atoms with E-state index >= 15 is 0 Å². The maximum Gasteiger partial charge on any atom is 0.332 e. The third-order valence-corrected chi connectivity index (χ3v) is 5.33. The lowest BCUT2D eigenvalue weighted by Crippen LogP contribution is -2.45. The molecule has 0 saturated carbocycles. The molecule has 0 bridgehead atoms. The highest BCUT2D eigenvalue weighted by molar-refractivity contribution is 6.36. The van der Waals surface area contributed by atoms with Gasteiger partial charge in [0.15, 0.2) is 0 Å². The zero-order valence-corrected chi connectivity index (χ0v) is 15.6. The number of carbonyl (C=O) groups is 2. The lowest BCUT2D eigenvalue weighted by atomic mass is 9.98. The second-order valence-corrected chi connectivity index (χ2v) is 7.22. The Morgan fingerprint density at radius 3 is 2.67 bits per heavy atom. The van der Waals surface area contributed by atoms with Crippen LogP contribution in [0.4, 0.5) is 10.5 Å². The molecule has 3 amide bonds. The van der Waals surface area contributed by atoms with Gasteiger partial charge >= 0.3 is 6.03 Å². The Morgan fingerprint density at radius 1 is 1.15 bits per heavy atom. The molecule has 5 nitrogen and oxygen atoms in total. The van der Waals surface area contributed by atoms with E-state index < -0.39 is 0 Å². The predicted molar refractivity (Wildman–Crippen MR) is 103 cm³/mol. The summed E-state index contributed by atoms with van der Waals surface area (Å²) in [7, 11) is 0. The standard InChI is InChI=1S/C21H18ClN3O2/c1-14-4-2-6-19-20(26)25(21(27)24(14)19)18-10-9-15(12-17(18)22)7-8-16-5-3-11-23-13-16/h3,5,9-14,19H,2,4,6H2,1H3. The number of rotatable bonds is 1. The molecule has 2 aliphatic heterocycles. The van der Waals surface area contributed by atoms with Gasteiger partial charge in [0.25, 0.3) is 5.91 Å². The van der Waals surface area contributed by atoms with Crippen LogP contribution in [0.2, 0.25) is 5.02 Å². The Balaban J connectivity index is 1.63. The maximum atomic E-state index is 12.8. The molecule has 0 radical (unpaired) electrons. The zero-order chi connectivity index (χ0) is 19.0. The topological polar surface area (TPSA) is 53.5 Å². The number of aromatic nitrogens is 1. The van der Waals surface area contributed by atoms with Crippen LogP contribution in [0, 0.1) is 11.8 Å². The van der Waals surface area contributed by atoms with E-state index in [0.717, 1.165) is 18.4 Å². The van der Waals surface area contributed by atoms with E-state index in [1.165, 1.54) is 4.90 Å². The first-order valence-electron chi connectivity index (χ1n) is 8.94. The molecule has 0 N–H and O–H groups in total. The highest BCUT2D eigenvalue weighted by Gasteiger charge is 2.49. The number of fused-ring (bicyclic) bond motifs is 1. The largest absolute Gasteiger partial charge is 0.332 e. The highest BCUT2D eigenvalue weighted by Crippen LogP contribution is 2.36. The highest BCUT2D eigenvalue weighted by atomic mass is 35.5. The number of urea groups is 1. The summed E-state index contributed by atoms with van der Waals surface area (Å²) in [4.78, 5) is 32.6. The quantitative estimate of drug-likeness (QED) is 0.558. The number of halogens is 1. The van der Waals surface area contributed by atoms with Gasteiger partial charge in [0, 0.05) is 29.6 Å². The van der Waals surface area contributed by atoms with Crippen LogP contribution >= 0.6 is 11.6 Å². The lowest BCUT2D eigenvalue weighted by molar-refractivity contribution is -0.120. The second kappa shape index (κ2) is 7.05. The van der Waals surface area contributed by atoms with Gasteiger partial charge in [0.2, 0.25) is 0 Å². The number of benzene rings is 1. The van der Waals surface area contributed by atoms with E-state index in [4.69, 9.17) is 11.6 Å². The average molecular weight is 380 g/mol. The number of carbonyl (C=O) groups excluding carboxylic acids is 2. The lowest BCUT2D eigenvalue weighted by Gasteiger charge is -2.32. The van der Waals surface area contributed by atoms with E-state index in [2.05, 4.69) is 16.8 Å². The van der Waals surface area contributed by atoms with E-state index in [-0.39, 0.29) is 24.0 Å². The fraction of sp³-hybridized carbons (Fsp3) is 0.286. The molecule has 2 fully saturated rings. The molecule has 1 aromatic carbocycles. The fourth-order valence-electron chi connectivity index (χ4n) is 3.68. The average Bonchev–Trinajstić information content (AvgIpc) is 2.93. The fourth-order valence-corrected chi connectivity index (χ4v) is 3.95. The van der Waals surface area contributed by atoms with Gasteiger partial charge in [-0.3, -0.25) is 9.78 Å². The first kappa shape index (κ1) is 17.6. The molecule has 1 aromatic heterocycles. The van der Waals surface area contributed by atoms with Gasteiger partial charge in [-0.1, -0.05) is 23.4 Å². The predicted octanol–water partition coefficient (Wildman–Crippen LogP) is 3.84. The van der Waals surface area contributed by atoms with Crippen molar-refractivity contribution in [3.63, 3.8) is 0 Å². The number of anilines is 1. The third kappa shape index (κ3) is 3.17. The zero-order valence-electron chi connectivity index (χ0n) is 14.9. The molecule has 0 aliphatic carbocycles. The maximum absolute atomic E-state index is 12.8. The molecule has 2 aliphatic rings. The van der Waals surface area contributed by atoms with Gasteiger partial charge < -0.3 is 4.90 Å². The Labute approximate surface area is 162 Å².